The van der Waals surface area contributed by atoms with Crippen molar-refractivity contribution in [1.82, 2.24) is 10.2 Å². The van der Waals surface area contributed by atoms with Gasteiger partial charge in [-0.1, -0.05) is 22.4 Å². The Morgan fingerprint density at radius 1 is 1.42 bits per heavy atom. The van der Waals surface area contributed by atoms with Crippen LogP contribution in [0.25, 0.3) is 0 Å². The molecule has 1 heterocycles. The van der Waals surface area contributed by atoms with E-state index in [1.807, 2.05) is 6.07 Å². The standard InChI is InChI=1S/C15H22BrFN2/c1-19(9-7-14-4-2-3-8-18-14)11-12-10-13(16)5-6-15(12)17/h5-6,10,14,18H,2-4,7-9,11H2,1H3. The molecule has 0 saturated carbocycles. The normalized spacial score (nSPS) is 19.9. The zero-order valence-corrected chi connectivity index (χ0v) is 13.0. The zero-order valence-electron chi connectivity index (χ0n) is 11.5. The number of hydrogen-bond donors (Lipinski definition) is 1. The van der Waals surface area contributed by atoms with E-state index < -0.39 is 0 Å². The van der Waals surface area contributed by atoms with E-state index in [2.05, 4.69) is 33.2 Å². The van der Waals surface area contributed by atoms with Crippen molar-refractivity contribution in [2.75, 3.05) is 20.1 Å². The summed E-state index contributed by atoms with van der Waals surface area (Å²) in [5, 5.41) is 3.55. The molecule has 0 bridgehead atoms. The van der Waals surface area contributed by atoms with E-state index in [1.165, 1.54) is 25.3 Å². The van der Waals surface area contributed by atoms with E-state index in [9.17, 15) is 4.39 Å². The van der Waals surface area contributed by atoms with Gasteiger partial charge >= 0.3 is 0 Å². The zero-order chi connectivity index (χ0) is 13.7. The first-order valence-electron chi connectivity index (χ1n) is 7.01. The molecule has 1 N–H and O–H groups in total. The molecule has 0 aromatic heterocycles. The van der Waals surface area contributed by atoms with Crippen molar-refractivity contribution >= 4 is 15.9 Å². The Hall–Kier alpha value is -0.450. The molecule has 19 heavy (non-hydrogen) atoms. The lowest BCUT2D eigenvalue weighted by atomic mass is 10.0. The van der Waals surface area contributed by atoms with Crippen LogP contribution in [0.4, 0.5) is 4.39 Å². The SMILES string of the molecule is CN(CCC1CCCCN1)Cc1cc(Br)ccc1F. The van der Waals surface area contributed by atoms with Crippen LogP contribution in [-0.4, -0.2) is 31.1 Å². The van der Waals surface area contributed by atoms with E-state index in [0.29, 0.717) is 12.6 Å². The van der Waals surface area contributed by atoms with Crippen LogP contribution in [-0.2, 0) is 6.54 Å². The first-order chi connectivity index (χ1) is 9.15. The molecule has 0 radical (unpaired) electrons. The smallest absolute Gasteiger partial charge is 0.127 e. The lowest BCUT2D eigenvalue weighted by molar-refractivity contribution is 0.279. The number of hydrogen-bond acceptors (Lipinski definition) is 2. The largest absolute Gasteiger partial charge is 0.314 e. The average Bonchev–Trinajstić information content (AvgIpc) is 2.42. The average molecular weight is 329 g/mol. The highest BCUT2D eigenvalue weighted by Gasteiger charge is 2.13. The van der Waals surface area contributed by atoms with Crippen LogP contribution in [0, 0.1) is 5.82 Å². The molecule has 0 aliphatic carbocycles. The second kappa shape index (κ2) is 7.36. The van der Waals surface area contributed by atoms with Gasteiger partial charge in [-0.05, 0) is 57.6 Å². The Kier molecular flexibility index (Phi) is 5.79. The van der Waals surface area contributed by atoms with Gasteiger partial charge in [-0.2, -0.15) is 0 Å². The molecule has 1 aliphatic heterocycles. The molecular formula is C15H22BrFN2. The van der Waals surface area contributed by atoms with Crippen LogP contribution in [0.15, 0.2) is 22.7 Å². The maximum Gasteiger partial charge on any atom is 0.127 e. The van der Waals surface area contributed by atoms with Gasteiger partial charge in [0.05, 0.1) is 0 Å². The van der Waals surface area contributed by atoms with Crippen LogP contribution in [0.1, 0.15) is 31.2 Å². The van der Waals surface area contributed by atoms with Gasteiger partial charge in [0, 0.05) is 22.6 Å². The first-order valence-corrected chi connectivity index (χ1v) is 7.80. The fraction of sp³-hybridized carbons (Fsp3) is 0.600. The first kappa shape index (κ1) is 14.9. The molecule has 1 saturated heterocycles. The summed E-state index contributed by atoms with van der Waals surface area (Å²) >= 11 is 3.39. The van der Waals surface area contributed by atoms with E-state index in [4.69, 9.17) is 0 Å². The third-order valence-corrected chi connectivity index (χ3v) is 4.21. The van der Waals surface area contributed by atoms with E-state index >= 15 is 0 Å². The Balaban J connectivity index is 1.80. The Bertz CT molecular complexity index is 405. The van der Waals surface area contributed by atoms with Gasteiger partial charge in [-0.3, -0.25) is 0 Å². The number of rotatable bonds is 5. The third kappa shape index (κ3) is 4.86. The topological polar surface area (TPSA) is 15.3 Å². The minimum atomic E-state index is -0.120. The highest BCUT2D eigenvalue weighted by atomic mass is 79.9. The molecule has 1 aromatic rings. The van der Waals surface area contributed by atoms with Crippen molar-refractivity contribution in [3.05, 3.63) is 34.1 Å². The minimum absolute atomic E-state index is 0.120. The second-order valence-corrected chi connectivity index (χ2v) is 6.32. The molecular weight excluding hydrogens is 307 g/mol. The van der Waals surface area contributed by atoms with Gasteiger partial charge in [0.2, 0.25) is 0 Å². The molecule has 1 unspecified atom stereocenters. The van der Waals surface area contributed by atoms with Gasteiger partial charge < -0.3 is 10.2 Å². The quantitative estimate of drug-likeness (QED) is 0.889. The maximum absolute atomic E-state index is 13.7. The van der Waals surface area contributed by atoms with Crippen molar-refractivity contribution in [3.8, 4) is 0 Å². The van der Waals surface area contributed by atoms with Gasteiger partial charge in [-0.15, -0.1) is 0 Å². The van der Waals surface area contributed by atoms with Gasteiger partial charge in [-0.25, -0.2) is 4.39 Å². The van der Waals surface area contributed by atoms with Crippen molar-refractivity contribution in [1.29, 1.82) is 0 Å². The lowest BCUT2D eigenvalue weighted by Gasteiger charge is -2.26. The predicted octanol–water partition coefficient (Wildman–Crippen LogP) is 3.55. The summed E-state index contributed by atoms with van der Waals surface area (Å²) in [6.45, 7) is 2.82. The summed E-state index contributed by atoms with van der Waals surface area (Å²) in [7, 11) is 2.06. The van der Waals surface area contributed by atoms with Crippen molar-refractivity contribution < 1.29 is 4.39 Å². The molecule has 1 aromatic carbocycles. The number of benzene rings is 1. The molecule has 106 valence electrons. The Morgan fingerprint density at radius 3 is 3.00 bits per heavy atom. The summed E-state index contributed by atoms with van der Waals surface area (Å²) in [5.74, 6) is -0.120. The summed E-state index contributed by atoms with van der Waals surface area (Å²) in [5.41, 5.74) is 0.758. The number of nitrogens with one attached hydrogen (secondary N) is 1. The third-order valence-electron chi connectivity index (χ3n) is 3.72. The molecule has 2 nitrogen and oxygen atoms in total. The monoisotopic (exact) mass is 328 g/mol. The van der Waals surface area contributed by atoms with Crippen LogP contribution < -0.4 is 5.32 Å². The highest BCUT2D eigenvalue weighted by molar-refractivity contribution is 9.10. The van der Waals surface area contributed by atoms with Crippen molar-refractivity contribution in [2.45, 2.75) is 38.3 Å². The molecule has 4 heteroatoms. The predicted molar refractivity (Wildman–Crippen MR) is 80.7 cm³/mol. The van der Waals surface area contributed by atoms with Crippen molar-refractivity contribution in [2.24, 2.45) is 0 Å². The van der Waals surface area contributed by atoms with E-state index in [-0.39, 0.29) is 5.82 Å². The van der Waals surface area contributed by atoms with E-state index in [1.54, 1.807) is 6.07 Å². The van der Waals surface area contributed by atoms with Crippen LogP contribution >= 0.6 is 15.9 Å². The Morgan fingerprint density at radius 2 is 2.26 bits per heavy atom. The fourth-order valence-corrected chi connectivity index (χ4v) is 2.99. The van der Waals surface area contributed by atoms with Gasteiger partial charge in [0.25, 0.3) is 0 Å². The van der Waals surface area contributed by atoms with Gasteiger partial charge in [0.1, 0.15) is 5.82 Å². The fourth-order valence-electron chi connectivity index (χ4n) is 2.58. The maximum atomic E-state index is 13.7. The summed E-state index contributed by atoms with van der Waals surface area (Å²) in [4.78, 5) is 2.20. The minimum Gasteiger partial charge on any atom is -0.314 e. The number of nitrogens with zero attached hydrogens (tertiary/aromatic N) is 1. The van der Waals surface area contributed by atoms with Crippen LogP contribution in [0.3, 0.4) is 0 Å². The highest BCUT2D eigenvalue weighted by Crippen LogP contribution is 2.17. The lowest BCUT2D eigenvalue weighted by Crippen LogP contribution is -2.36. The summed E-state index contributed by atoms with van der Waals surface area (Å²) < 4.78 is 14.6. The molecule has 0 spiro atoms. The molecule has 1 fully saturated rings. The summed E-state index contributed by atoms with van der Waals surface area (Å²) in [6.07, 6.45) is 5.06. The molecule has 1 aliphatic rings. The number of piperidine rings is 1. The molecule has 0 amide bonds. The van der Waals surface area contributed by atoms with Crippen LogP contribution in [0.5, 0.6) is 0 Å². The Labute approximate surface area is 123 Å². The number of halogens is 2. The molecule has 2 rings (SSSR count). The van der Waals surface area contributed by atoms with Crippen LogP contribution in [0.2, 0.25) is 0 Å². The van der Waals surface area contributed by atoms with Crippen molar-refractivity contribution in [3.63, 3.8) is 0 Å². The van der Waals surface area contributed by atoms with Gasteiger partial charge in [0.15, 0.2) is 0 Å². The molecule has 1 atom stereocenters. The summed E-state index contributed by atoms with van der Waals surface area (Å²) in [6, 6.07) is 5.77. The second-order valence-electron chi connectivity index (χ2n) is 5.41. The van der Waals surface area contributed by atoms with E-state index in [0.717, 1.165) is 29.5 Å².